The van der Waals surface area contributed by atoms with Gasteiger partial charge in [0.05, 0.1) is 12.2 Å². The number of aromatic carboxylic acids is 1. The minimum Gasteiger partial charge on any atom is -0.477 e. The van der Waals surface area contributed by atoms with Gasteiger partial charge >= 0.3 is 5.97 Å². The molecule has 1 unspecified atom stereocenters. The molecule has 2 rings (SSSR count). The van der Waals surface area contributed by atoms with Gasteiger partial charge in [0.25, 0.3) is 0 Å². The Morgan fingerprint density at radius 2 is 2.29 bits per heavy atom. The maximum atomic E-state index is 13.6. The van der Waals surface area contributed by atoms with Gasteiger partial charge < -0.3 is 9.67 Å². The summed E-state index contributed by atoms with van der Waals surface area (Å²) in [5.41, 5.74) is 0.809. The highest BCUT2D eigenvalue weighted by molar-refractivity contribution is 8.00. The lowest BCUT2D eigenvalue weighted by molar-refractivity contribution is 0.0682. The van der Waals surface area contributed by atoms with Gasteiger partial charge in [0.1, 0.15) is 11.5 Å². The summed E-state index contributed by atoms with van der Waals surface area (Å²) in [4.78, 5) is 15.5. The number of carbonyl (C=O) groups is 1. The van der Waals surface area contributed by atoms with Crippen LogP contribution in [0, 0.1) is 0 Å². The fraction of sp³-hybridized carbons (Fsp3) is 0.333. The summed E-state index contributed by atoms with van der Waals surface area (Å²) in [6.45, 7) is 9.19. The number of carboxylic acids is 1. The maximum absolute atomic E-state index is 13.6. The van der Waals surface area contributed by atoms with Gasteiger partial charge in [0.15, 0.2) is 5.16 Å². The van der Waals surface area contributed by atoms with Crippen molar-refractivity contribution in [2.24, 2.45) is 0 Å². The van der Waals surface area contributed by atoms with Gasteiger partial charge in [-0.15, -0.1) is 0 Å². The van der Waals surface area contributed by atoms with Crippen LogP contribution in [0.3, 0.4) is 0 Å². The molecule has 1 atom stereocenters. The third-order valence-electron chi connectivity index (χ3n) is 3.40. The monoisotopic (exact) mass is 308 g/mol. The normalized spacial score (nSPS) is 21.2. The second-order valence-electron chi connectivity index (χ2n) is 5.23. The molecule has 0 saturated heterocycles. The predicted molar refractivity (Wildman–Crippen MR) is 81.3 cm³/mol. The van der Waals surface area contributed by atoms with Gasteiger partial charge in [-0.25, -0.2) is 14.2 Å². The lowest BCUT2D eigenvalue weighted by Crippen LogP contribution is -2.28. The second-order valence-corrected chi connectivity index (χ2v) is 6.85. The average Bonchev–Trinajstić information content (AvgIpc) is 2.90. The summed E-state index contributed by atoms with van der Waals surface area (Å²) in [6.07, 6.45) is 5.65. The second kappa shape index (κ2) is 5.52. The molecule has 0 radical (unpaired) electrons. The van der Waals surface area contributed by atoms with Crippen LogP contribution in [0.4, 0.5) is 4.39 Å². The summed E-state index contributed by atoms with van der Waals surface area (Å²) < 4.78 is 14.9. The van der Waals surface area contributed by atoms with Crippen molar-refractivity contribution in [2.45, 2.75) is 36.7 Å². The van der Waals surface area contributed by atoms with Crippen molar-refractivity contribution in [3.8, 4) is 0 Å². The van der Waals surface area contributed by atoms with Crippen molar-refractivity contribution in [2.75, 3.05) is 0 Å². The predicted octanol–water partition coefficient (Wildman–Crippen LogP) is 3.99. The first-order valence-corrected chi connectivity index (χ1v) is 7.29. The number of carboxylic acid groups (broad SMARTS) is 1. The molecule has 0 saturated carbocycles. The lowest BCUT2D eigenvalue weighted by Gasteiger charge is -2.28. The van der Waals surface area contributed by atoms with Crippen molar-refractivity contribution in [1.82, 2.24) is 9.55 Å². The fourth-order valence-corrected chi connectivity index (χ4v) is 3.75. The van der Waals surface area contributed by atoms with E-state index in [-0.39, 0.29) is 16.5 Å². The number of rotatable bonds is 4. The molecule has 1 aliphatic heterocycles. The summed E-state index contributed by atoms with van der Waals surface area (Å²) in [5, 5.41) is 9.95. The Kier molecular flexibility index (Phi) is 4.09. The van der Waals surface area contributed by atoms with E-state index in [1.54, 1.807) is 17.6 Å². The first-order chi connectivity index (χ1) is 9.81. The zero-order valence-electron chi connectivity index (χ0n) is 12.1. The van der Waals surface area contributed by atoms with E-state index in [0.29, 0.717) is 10.7 Å². The van der Waals surface area contributed by atoms with E-state index in [1.165, 1.54) is 24.0 Å². The van der Waals surface area contributed by atoms with Gasteiger partial charge in [-0.3, -0.25) is 0 Å². The Balaban J connectivity index is 2.60. The van der Waals surface area contributed by atoms with Gasteiger partial charge in [-0.2, -0.15) is 0 Å². The molecule has 0 amide bonds. The standard InChI is InChI=1S/C15H17FN2O2S/c1-5-9(7-10(16)6-2)12-15(3,4)21-14-17-8-11(13(19)20)18(12)14/h5-8,12H,2H2,1,3-4H3,(H,19,20)/b9-5+,10-7+. The molecule has 1 aromatic rings. The smallest absolute Gasteiger partial charge is 0.354 e. The maximum Gasteiger partial charge on any atom is 0.354 e. The number of thioether (sulfide) groups is 1. The summed E-state index contributed by atoms with van der Waals surface area (Å²) in [7, 11) is 0. The van der Waals surface area contributed by atoms with Crippen LogP contribution in [-0.2, 0) is 0 Å². The number of allylic oxidation sites excluding steroid dienone is 5. The molecule has 0 aliphatic carbocycles. The quantitative estimate of drug-likeness (QED) is 0.854. The van der Waals surface area contributed by atoms with Crippen molar-refractivity contribution >= 4 is 17.7 Å². The third-order valence-corrected chi connectivity index (χ3v) is 4.64. The first kappa shape index (κ1) is 15.6. The summed E-state index contributed by atoms with van der Waals surface area (Å²) in [5.74, 6) is -1.49. The van der Waals surface area contributed by atoms with Crippen LogP contribution < -0.4 is 0 Å². The first-order valence-electron chi connectivity index (χ1n) is 6.47. The Morgan fingerprint density at radius 3 is 2.81 bits per heavy atom. The zero-order valence-corrected chi connectivity index (χ0v) is 12.9. The molecular weight excluding hydrogens is 291 g/mol. The Labute approximate surface area is 127 Å². The van der Waals surface area contributed by atoms with E-state index >= 15 is 0 Å². The highest BCUT2D eigenvalue weighted by Crippen LogP contribution is 2.52. The number of aromatic nitrogens is 2. The van der Waals surface area contributed by atoms with Crippen molar-refractivity contribution in [3.05, 3.63) is 48.1 Å². The van der Waals surface area contributed by atoms with Crippen molar-refractivity contribution in [1.29, 1.82) is 0 Å². The topological polar surface area (TPSA) is 55.1 Å². The lowest BCUT2D eigenvalue weighted by atomic mass is 9.93. The molecule has 6 heteroatoms. The fourth-order valence-electron chi connectivity index (χ4n) is 2.52. The highest BCUT2D eigenvalue weighted by atomic mass is 32.2. The van der Waals surface area contributed by atoms with Crippen LogP contribution in [0.15, 0.2) is 47.6 Å². The number of hydrogen-bond acceptors (Lipinski definition) is 3. The summed E-state index contributed by atoms with van der Waals surface area (Å²) in [6, 6.07) is -0.304. The molecule has 0 aromatic carbocycles. The minimum absolute atomic E-state index is 0.111. The zero-order chi connectivity index (χ0) is 15.8. The molecule has 0 bridgehead atoms. The number of fused-ring (bicyclic) bond motifs is 1. The number of hydrogen-bond donors (Lipinski definition) is 1. The highest BCUT2D eigenvalue weighted by Gasteiger charge is 2.44. The summed E-state index contributed by atoms with van der Waals surface area (Å²) >= 11 is 1.49. The van der Waals surface area contributed by atoms with E-state index in [9.17, 15) is 14.3 Å². The van der Waals surface area contributed by atoms with Crippen LogP contribution in [-0.4, -0.2) is 25.4 Å². The van der Waals surface area contributed by atoms with E-state index in [4.69, 9.17) is 0 Å². The molecule has 1 aliphatic rings. The Hall–Kier alpha value is -1.82. The van der Waals surface area contributed by atoms with E-state index in [1.807, 2.05) is 13.8 Å². The van der Waals surface area contributed by atoms with Crippen LogP contribution in [0.1, 0.15) is 37.3 Å². The molecule has 1 N–H and O–H groups in total. The third kappa shape index (κ3) is 2.68. The molecule has 2 heterocycles. The molecule has 0 fully saturated rings. The molecule has 21 heavy (non-hydrogen) atoms. The van der Waals surface area contributed by atoms with Gasteiger partial charge in [-0.1, -0.05) is 24.4 Å². The molecule has 0 spiro atoms. The van der Waals surface area contributed by atoms with Crippen LogP contribution >= 0.6 is 11.8 Å². The van der Waals surface area contributed by atoms with Crippen LogP contribution in [0.25, 0.3) is 0 Å². The Morgan fingerprint density at radius 1 is 1.62 bits per heavy atom. The molecule has 112 valence electrons. The molecule has 1 aromatic heterocycles. The molecule has 4 nitrogen and oxygen atoms in total. The van der Waals surface area contributed by atoms with Crippen LogP contribution in [0.2, 0.25) is 0 Å². The number of nitrogens with zero attached hydrogens (tertiary/aromatic N) is 2. The number of halogens is 1. The number of imidazole rings is 1. The largest absolute Gasteiger partial charge is 0.477 e. The van der Waals surface area contributed by atoms with E-state index in [2.05, 4.69) is 11.6 Å². The molecular formula is C15H17FN2O2S. The SMILES string of the molecule is C=C/C(F)=C\C(=C/C)C1n2c(C(=O)O)cnc2SC1(C)C. The minimum atomic E-state index is -1.04. The average molecular weight is 308 g/mol. The van der Waals surface area contributed by atoms with E-state index in [0.717, 1.165) is 6.08 Å². The van der Waals surface area contributed by atoms with Crippen molar-refractivity contribution < 1.29 is 14.3 Å². The van der Waals surface area contributed by atoms with Crippen molar-refractivity contribution in [3.63, 3.8) is 0 Å². The van der Waals surface area contributed by atoms with Gasteiger partial charge in [0, 0.05) is 4.75 Å². The van der Waals surface area contributed by atoms with Crippen LogP contribution in [0.5, 0.6) is 0 Å². The van der Waals surface area contributed by atoms with Gasteiger partial charge in [-0.05, 0) is 38.5 Å². The Bertz CT molecular complexity index is 659. The van der Waals surface area contributed by atoms with E-state index < -0.39 is 11.8 Å². The van der Waals surface area contributed by atoms with Gasteiger partial charge in [0.2, 0.25) is 0 Å².